The predicted molar refractivity (Wildman–Crippen MR) is 96.9 cm³/mol. The first-order chi connectivity index (χ1) is 9.76. The number of hydrogen-bond donors (Lipinski definition) is 0. The molecular weight excluding hydrogens is 274 g/mol. The highest BCUT2D eigenvalue weighted by Crippen LogP contribution is 2.45. The summed E-state index contributed by atoms with van der Waals surface area (Å²) in [5, 5.41) is 1.28. The number of rotatable bonds is 2. The monoisotopic (exact) mass is 307 g/mol. The second-order valence-electron chi connectivity index (χ2n) is 7.28. The Kier molecular flexibility index (Phi) is 6.22. The van der Waals surface area contributed by atoms with E-state index >= 15 is 0 Å². The van der Waals surface area contributed by atoms with Gasteiger partial charge in [0.25, 0.3) is 0 Å². The first-order valence-electron chi connectivity index (χ1n) is 8.43. The number of fused-ring (bicyclic) bond motifs is 1. The molecule has 1 aliphatic carbocycles. The molecule has 0 aromatic carbocycles. The molecule has 0 aliphatic heterocycles. The second kappa shape index (κ2) is 7.09. The quantitative estimate of drug-likeness (QED) is 0.617. The van der Waals surface area contributed by atoms with Crippen LogP contribution in [0.25, 0.3) is 6.08 Å². The Labute approximate surface area is 135 Å². The van der Waals surface area contributed by atoms with Crippen LogP contribution in [0.2, 0.25) is 0 Å². The van der Waals surface area contributed by atoms with Crippen molar-refractivity contribution in [2.75, 3.05) is 0 Å². The molecule has 1 atom stereocenters. The smallest absolute Gasteiger partial charge is 0.0932 e. The van der Waals surface area contributed by atoms with Gasteiger partial charge in [-0.05, 0) is 42.1 Å². The van der Waals surface area contributed by atoms with Crippen molar-refractivity contribution < 1.29 is 0 Å². The van der Waals surface area contributed by atoms with E-state index in [1.54, 1.807) is 0 Å². The first kappa shape index (κ1) is 18.4. The summed E-state index contributed by atoms with van der Waals surface area (Å²) in [5.41, 5.74) is 1.84. The van der Waals surface area contributed by atoms with E-state index in [0.29, 0.717) is 11.3 Å². The van der Waals surface area contributed by atoms with Gasteiger partial charge in [0.2, 0.25) is 0 Å². The summed E-state index contributed by atoms with van der Waals surface area (Å²) in [6.45, 7) is 18.1. The van der Waals surface area contributed by atoms with Crippen molar-refractivity contribution >= 4 is 17.4 Å². The highest BCUT2D eigenvalue weighted by atomic mass is 32.1. The minimum atomic E-state index is 0.275. The van der Waals surface area contributed by atoms with E-state index in [1.165, 1.54) is 22.0 Å². The zero-order valence-corrected chi connectivity index (χ0v) is 16.0. The Balaban J connectivity index is 0.00000106. The molecule has 0 bridgehead atoms. The Morgan fingerprint density at radius 3 is 2.38 bits per heavy atom. The van der Waals surface area contributed by atoms with Crippen LogP contribution in [0.1, 0.15) is 77.4 Å². The molecule has 0 saturated carbocycles. The molecule has 0 amide bonds. The van der Waals surface area contributed by atoms with Crippen molar-refractivity contribution in [2.24, 2.45) is 16.7 Å². The zero-order valence-electron chi connectivity index (χ0n) is 15.2. The molecule has 0 fully saturated rings. The van der Waals surface area contributed by atoms with Gasteiger partial charge in [0.15, 0.2) is 0 Å². The van der Waals surface area contributed by atoms with Crippen LogP contribution in [0.5, 0.6) is 0 Å². The second-order valence-corrected chi connectivity index (χ2v) is 8.45. The zero-order chi connectivity index (χ0) is 16.3. The molecule has 120 valence electrons. The molecule has 0 spiro atoms. The van der Waals surface area contributed by atoms with Crippen LogP contribution in [0.15, 0.2) is 6.08 Å². The fraction of sp³-hybridized carbons (Fsp3) is 0.737. The van der Waals surface area contributed by atoms with Gasteiger partial charge in [-0.1, -0.05) is 61.5 Å². The molecule has 2 rings (SSSR count). The van der Waals surface area contributed by atoms with Gasteiger partial charge in [0.1, 0.15) is 0 Å². The van der Waals surface area contributed by atoms with Crippen molar-refractivity contribution in [1.82, 2.24) is 4.98 Å². The van der Waals surface area contributed by atoms with E-state index in [2.05, 4.69) is 53.7 Å². The summed E-state index contributed by atoms with van der Waals surface area (Å²) in [5.74, 6) is 0.661. The van der Waals surface area contributed by atoms with Gasteiger partial charge in [-0.2, -0.15) is 0 Å². The number of thiazole rings is 1. The fourth-order valence-corrected chi connectivity index (χ4v) is 4.33. The van der Waals surface area contributed by atoms with Crippen LogP contribution in [-0.2, 0) is 12.8 Å². The average molecular weight is 308 g/mol. The van der Waals surface area contributed by atoms with Crippen molar-refractivity contribution in [1.29, 1.82) is 0 Å². The van der Waals surface area contributed by atoms with E-state index < -0.39 is 0 Å². The standard InChI is InChI=1S/C17H27NS.C2H6/c1-7-15-18-13-8-9-17(6,12(2)3)11-16(4,5)10-14(13)19-15;1-2/h8-9,12H,7,10-11H2,1-6H3;1-2H3/b9-8-;. The Morgan fingerprint density at radius 2 is 1.86 bits per heavy atom. The van der Waals surface area contributed by atoms with Crippen molar-refractivity contribution in [3.05, 3.63) is 21.7 Å². The minimum absolute atomic E-state index is 0.275. The molecule has 2 heteroatoms. The van der Waals surface area contributed by atoms with E-state index in [4.69, 9.17) is 4.98 Å². The van der Waals surface area contributed by atoms with E-state index in [9.17, 15) is 0 Å². The number of aromatic nitrogens is 1. The van der Waals surface area contributed by atoms with Crippen LogP contribution in [0.4, 0.5) is 0 Å². The van der Waals surface area contributed by atoms with Gasteiger partial charge in [-0.25, -0.2) is 4.98 Å². The first-order valence-corrected chi connectivity index (χ1v) is 9.25. The maximum atomic E-state index is 4.79. The number of aryl methyl sites for hydroxylation is 1. The number of hydrogen-bond acceptors (Lipinski definition) is 2. The van der Waals surface area contributed by atoms with Gasteiger partial charge < -0.3 is 0 Å². The molecule has 1 nitrogen and oxygen atoms in total. The highest BCUT2D eigenvalue weighted by molar-refractivity contribution is 7.11. The largest absolute Gasteiger partial charge is 0.242 e. The lowest BCUT2D eigenvalue weighted by Crippen LogP contribution is -2.31. The summed E-state index contributed by atoms with van der Waals surface area (Å²) < 4.78 is 0. The van der Waals surface area contributed by atoms with Crippen LogP contribution >= 0.6 is 11.3 Å². The molecule has 0 N–H and O–H groups in total. The van der Waals surface area contributed by atoms with Crippen LogP contribution in [-0.4, -0.2) is 4.98 Å². The normalized spacial score (nSPS) is 25.4. The molecule has 1 unspecified atom stereocenters. The summed E-state index contributed by atoms with van der Waals surface area (Å²) in [4.78, 5) is 6.27. The summed E-state index contributed by atoms with van der Waals surface area (Å²) in [6, 6.07) is 0. The molecule has 1 aromatic rings. The van der Waals surface area contributed by atoms with E-state index in [1.807, 2.05) is 25.2 Å². The third-order valence-electron chi connectivity index (χ3n) is 4.51. The third kappa shape index (κ3) is 4.42. The van der Waals surface area contributed by atoms with Crippen molar-refractivity contribution in [3.63, 3.8) is 0 Å². The Morgan fingerprint density at radius 1 is 1.24 bits per heavy atom. The van der Waals surface area contributed by atoms with Crippen molar-refractivity contribution in [3.8, 4) is 0 Å². The summed E-state index contributed by atoms with van der Waals surface area (Å²) >= 11 is 1.91. The lowest BCUT2D eigenvalue weighted by molar-refractivity contribution is 0.169. The lowest BCUT2D eigenvalue weighted by Gasteiger charge is -2.39. The lowest BCUT2D eigenvalue weighted by atomic mass is 9.66. The molecule has 1 aliphatic rings. The SMILES string of the molecule is CC.CCc1nc2c(s1)CC(C)(C)CC(C)(C(C)C)/C=C\2. The number of allylic oxidation sites excluding steroid dienone is 1. The topological polar surface area (TPSA) is 12.9 Å². The van der Waals surface area contributed by atoms with Crippen LogP contribution in [0, 0.1) is 16.7 Å². The van der Waals surface area contributed by atoms with E-state index in [0.717, 1.165) is 12.8 Å². The maximum Gasteiger partial charge on any atom is 0.0932 e. The Hall–Kier alpha value is -0.630. The molecular formula is C19H33NS. The highest BCUT2D eigenvalue weighted by Gasteiger charge is 2.35. The molecule has 0 radical (unpaired) electrons. The summed E-state index contributed by atoms with van der Waals surface area (Å²) in [6.07, 6.45) is 8.14. The molecule has 1 aromatic heterocycles. The van der Waals surface area contributed by atoms with Gasteiger partial charge in [0, 0.05) is 4.88 Å². The van der Waals surface area contributed by atoms with Gasteiger partial charge in [-0.15, -0.1) is 11.3 Å². The van der Waals surface area contributed by atoms with Gasteiger partial charge >= 0.3 is 0 Å². The average Bonchev–Trinajstić information content (AvgIpc) is 2.78. The minimum Gasteiger partial charge on any atom is -0.242 e. The van der Waals surface area contributed by atoms with E-state index in [-0.39, 0.29) is 5.41 Å². The number of nitrogens with zero attached hydrogens (tertiary/aromatic N) is 1. The van der Waals surface area contributed by atoms with Gasteiger partial charge in [0.05, 0.1) is 10.7 Å². The molecule has 0 saturated heterocycles. The van der Waals surface area contributed by atoms with Crippen LogP contribution in [0.3, 0.4) is 0 Å². The third-order valence-corrected chi connectivity index (χ3v) is 5.73. The molecule has 21 heavy (non-hydrogen) atoms. The van der Waals surface area contributed by atoms with Gasteiger partial charge in [-0.3, -0.25) is 0 Å². The Bertz CT molecular complexity index is 482. The maximum absolute atomic E-state index is 4.79. The molecule has 1 heterocycles. The predicted octanol–water partition coefficient (Wildman–Crippen LogP) is 6.38. The van der Waals surface area contributed by atoms with Crippen molar-refractivity contribution in [2.45, 2.75) is 74.7 Å². The summed E-state index contributed by atoms with van der Waals surface area (Å²) in [7, 11) is 0. The van der Waals surface area contributed by atoms with Crippen LogP contribution < -0.4 is 0 Å². The fourth-order valence-electron chi connectivity index (χ4n) is 3.08.